The maximum atomic E-state index is 10.6. The van der Waals surface area contributed by atoms with Gasteiger partial charge in [-0.3, -0.25) is 4.79 Å². The first-order valence-corrected chi connectivity index (χ1v) is 10.8. The summed E-state index contributed by atoms with van der Waals surface area (Å²) in [4.78, 5) is 10.6. The summed E-state index contributed by atoms with van der Waals surface area (Å²) in [6.45, 7) is 6.37. The van der Waals surface area contributed by atoms with Crippen LogP contribution in [0.15, 0.2) is 30.3 Å². The lowest BCUT2D eigenvalue weighted by atomic mass is 10.3. The summed E-state index contributed by atoms with van der Waals surface area (Å²) in [5.74, 6) is -0.132. The van der Waals surface area contributed by atoms with Gasteiger partial charge in [-0.05, 0) is 19.1 Å². The Labute approximate surface area is 189 Å². The van der Waals surface area contributed by atoms with E-state index in [-0.39, 0.29) is 13.2 Å². The summed E-state index contributed by atoms with van der Waals surface area (Å²) in [6, 6.07) is 8.89. The highest BCUT2D eigenvalue weighted by Gasteiger charge is 2.12. The lowest BCUT2D eigenvalue weighted by molar-refractivity contribution is -0.139. The molecule has 2 unspecified atom stereocenters. The van der Waals surface area contributed by atoms with Crippen LogP contribution in [-0.2, 0) is 28.5 Å². The molecule has 1 aromatic carbocycles. The Morgan fingerprint density at radius 1 is 0.812 bits per heavy atom. The molecule has 0 aliphatic heterocycles. The van der Waals surface area contributed by atoms with E-state index in [1.54, 1.807) is 0 Å². The van der Waals surface area contributed by atoms with Crippen molar-refractivity contribution in [2.45, 2.75) is 19.1 Å². The van der Waals surface area contributed by atoms with Crippen LogP contribution in [-0.4, -0.2) is 108 Å². The van der Waals surface area contributed by atoms with Crippen molar-refractivity contribution in [3.05, 3.63) is 30.3 Å². The van der Waals surface area contributed by atoms with Crippen LogP contribution >= 0.6 is 0 Å². The number of aliphatic carboxylic acids is 1. The molecule has 0 aromatic heterocycles. The molecule has 184 valence electrons. The number of aliphatic hydroxyl groups is 1. The fourth-order valence-electron chi connectivity index (χ4n) is 2.29. The van der Waals surface area contributed by atoms with Crippen molar-refractivity contribution < 1.29 is 43.4 Å². The third-order valence-electron chi connectivity index (χ3n) is 4.07. The predicted octanol–water partition coefficient (Wildman–Crippen LogP) is 0.572. The van der Waals surface area contributed by atoms with Crippen LogP contribution in [0.4, 0.5) is 0 Å². The third kappa shape index (κ3) is 16.8. The Balaban J connectivity index is 1.73. The van der Waals surface area contributed by atoms with E-state index in [0.717, 1.165) is 5.75 Å². The maximum absolute atomic E-state index is 10.6. The number of hydrogen-bond acceptors (Lipinski definition) is 9. The molecule has 10 nitrogen and oxygen atoms in total. The molecule has 0 heterocycles. The third-order valence-corrected chi connectivity index (χ3v) is 4.07. The number of para-hydroxylation sites is 1. The molecule has 0 radical (unpaired) electrons. The molecule has 0 aliphatic rings. The average molecular weight is 460 g/mol. The van der Waals surface area contributed by atoms with Crippen molar-refractivity contribution >= 4 is 5.97 Å². The molecule has 0 saturated heterocycles. The molecule has 32 heavy (non-hydrogen) atoms. The molecule has 0 fully saturated rings. The topological polar surface area (TPSA) is 125 Å². The minimum atomic E-state index is -0.963. The van der Waals surface area contributed by atoms with Crippen LogP contribution in [0.5, 0.6) is 5.75 Å². The highest BCUT2D eigenvalue weighted by molar-refractivity contribution is 5.72. The highest BCUT2D eigenvalue weighted by Crippen LogP contribution is 2.07. The summed E-state index contributed by atoms with van der Waals surface area (Å²) in [5, 5.41) is 21.1. The van der Waals surface area contributed by atoms with Gasteiger partial charge in [0.2, 0.25) is 0 Å². The van der Waals surface area contributed by atoms with E-state index < -0.39 is 18.1 Å². The van der Waals surface area contributed by atoms with Gasteiger partial charge in [-0.1, -0.05) is 18.2 Å². The predicted molar refractivity (Wildman–Crippen MR) is 117 cm³/mol. The van der Waals surface area contributed by atoms with E-state index in [4.69, 9.17) is 33.5 Å². The first-order chi connectivity index (χ1) is 15.6. The Bertz CT molecular complexity index is 562. The summed E-state index contributed by atoms with van der Waals surface area (Å²) in [7, 11) is 0. The number of benzene rings is 1. The van der Waals surface area contributed by atoms with Crippen molar-refractivity contribution in [1.82, 2.24) is 5.32 Å². The van der Waals surface area contributed by atoms with E-state index >= 15 is 0 Å². The number of rotatable bonds is 22. The molecule has 1 aromatic rings. The lowest BCUT2D eigenvalue weighted by Crippen LogP contribution is -2.40. The number of carboxylic acids is 1. The molecule has 0 saturated carbocycles. The second kappa shape index (κ2) is 19.9. The molecule has 10 heteroatoms. The normalized spacial score (nSPS) is 13.1. The molecule has 0 spiro atoms. The molecule has 0 aliphatic carbocycles. The zero-order chi connectivity index (χ0) is 23.3. The van der Waals surface area contributed by atoms with Gasteiger partial charge in [0.25, 0.3) is 0 Å². The fourth-order valence-corrected chi connectivity index (χ4v) is 2.29. The van der Waals surface area contributed by atoms with Gasteiger partial charge in [0, 0.05) is 6.54 Å². The molecule has 0 amide bonds. The highest BCUT2D eigenvalue weighted by atomic mass is 16.6. The van der Waals surface area contributed by atoms with Crippen molar-refractivity contribution in [2.75, 3.05) is 79.2 Å². The molecule has 2 atom stereocenters. The zero-order valence-corrected chi connectivity index (χ0v) is 18.8. The van der Waals surface area contributed by atoms with Gasteiger partial charge >= 0.3 is 5.97 Å². The SMILES string of the molecule is CC(NCC(O)COCCOCCOCCOCCOCCOc1ccccc1)C(=O)O. The number of hydrogen-bond donors (Lipinski definition) is 3. The summed E-state index contributed by atoms with van der Waals surface area (Å²) in [6.07, 6.45) is -0.770. The number of ether oxygens (including phenoxy) is 6. The van der Waals surface area contributed by atoms with Crippen molar-refractivity contribution in [2.24, 2.45) is 0 Å². The monoisotopic (exact) mass is 459 g/mol. The van der Waals surface area contributed by atoms with Gasteiger partial charge in [0.05, 0.1) is 72.2 Å². The smallest absolute Gasteiger partial charge is 0.320 e. The minimum absolute atomic E-state index is 0.111. The van der Waals surface area contributed by atoms with Crippen molar-refractivity contribution in [3.8, 4) is 5.75 Å². The quantitative estimate of drug-likeness (QED) is 0.212. The molecule has 0 bridgehead atoms. The standard InChI is InChI=1S/C22H37NO9/c1-19(22(25)26)23-17-20(24)18-31-14-13-29-10-9-27-7-8-28-11-12-30-15-16-32-21-5-3-2-4-6-21/h2-6,19-20,23-24H,7-18H2,1H3,(H,25,26). The first-order valence-electron chi connectivity index (χ1n) is 10.8. The van der Waals surface area contributed by atoms with Crippen LogP contribution < -0.4 is 10.1 Å². The first kappa shape index (κ1) is 28.2. The average Bonchev–Trinajstić information content (AvgIpc) is 2.80. The summed E-state index contributed by atoms with van der Waals surface area (Å²) < 4.78 is 32.4. The van der Waals surface area contributed by atoms with Crippen molar-refractivity contribution in [3.63, 3.8) is 0 Å². The number of carboxylic acid groups (broad SMARTS) is 1. The Morgan fingerprint density at radius 3 is 1.78 bits per heavy atom. The lowest BCUT2D eigenvalue weighted by Gasteiger charge is -2.14. The second-order valence-electron chi connectivity index (χ2n) is 6.81. The van der Waals surface area contributed by atoms with Crippen LogP contribution in [0.3, 0.4) is 0 Å². The largest absolute Gasteiger partial charge is 0.491 e. The second-order valence-corrected chi connectivity index (χ2v) is 6.81. The minimum Gasteiger partial charge on any atom is -0.491 e. The van der Waals surface area contributed by atoms with Gasteiger partial charge in [0.15, 0.2) is 0 Å². The zero-order valence-electron chi connectivity index (χ0n) is 18.8. The van der Waals surface area contributed by atoms with Crippen LogP contribution in [0.1, 0.15) is 6.92 Å². The maximum Gasteiger partial charge on any atom is 0.320 e. The van der Waals surface area contributed by atoms with Crippen LogP contribution in [0.2, 0.25) is 0 Å². The van der Waals surface area contributed by atoms with Gasteiger partial charge in [-0.2, -0.15) is 0 Å². The van der Waals surface area contributed by atoms with Crippen LogP contribution in [0.25, 0.3) is 0 Å². The Hall–Kier alpha value is -1.79. The molecular formula is C22H37NO9. The number of nitrogens with one attached hydrogen (secondary N) is 1. The molecule has 3 N–H and O–H groups in total. The van der Waals surface area contributed by atoms with E-state index in [2.05, 4.69) is 5.32 Å². The fraction of sp³-hybridized carbons (Fsp3) is 0.682. The van der Waals surface area contributed by atoms with E-state index in [9.17, 15) is 9.90 Å². The van der Waals surface area contributed by atoms with E-state index in [1.165, 1.54) is 6.92 Å². The number of aliphatic hydroxyl groups excluding tert-OH is 1. The van der Waals surface area contributed by atoms with Gasteiger partial charge in [-0.15, -0.1) is 0 Å². The molecule has 1 rings (SSSR count). The van der Waals surface area contributed by atoms with Gasteiger partial charge in [-0.25, -0.2) is 0 Å². The van der Waals surface area contributed by atoms with E-state index in [1.807, 2.05) is 30.3 Å². The Morgan fingerprint density at radius 2 is 1.28 bits per heavy atom. The molecular weight excluding hydrogens is 422 g/mol. The summed E-state index contributed by atoms with van der Waals surface area (Å²) >= 11 is 0. The summed E-state index contributed by atoms with van der Waals surface area (Å²) in [5.41, 5.74) is 0. The number of carbonyl (C=O) groups is 1. The van der Waals surface area contributed by atoms with Gasteiger partial charge in [0.1, 0.15) is 18.4 Å². The van der Waals surface area contributed by atoms with E-state index in [0.29, 0.717) is 66.1 Å². The van der Waals surface area contributed by atoms with Crippen LogP contribution in [0, 0.1) is 0 Å². The Kier molecular flexibility index (Phi) is 17.5. The van der Waals surface area contributed by atoms with Gasteiger partial charge < -0.3 is 44.0 Å². The van der Waals surface area contributed by atoms with Crippen molar-refractivity contribution in [1.29, 1.82) is 0 Å².